The van der Waals surface area contributed by atoms with Crippen LogP contribution in [0.2, 0.25) is 0 Å². The van der Waals surface area contributed by atoms with E-state index in [4.69, 9.17) is 39.6 Å². The highest BCUT2D eigenvalue weighted by atomic mass is 16.8. The highest BCUT2D eigenvalue weighted by Gasteiger charge is 2.75. The summed E-state index contributed by atoms with van der Waals surface area (Å²) in [6.07, 6.45) is -2.78. The van der Waals surface area contributed by atoms with E-state index in [1.807, 2.05) is 0 Å². The Kier molecular flexibility index (Phi) is 12.5. The van der Waals surface area contributed by atoms with Crippen molar-refractivity contribution in [2.45, 2.75) is 190 Å². The second-order valence-corrected chi connectivity index (χ2v) is 21.2. The molecule has 64 heavy (non-hydrogen) atoms. The smallest absolute Gasteiger partial charge is 0.209 e. The van der Waals surface area contributed by atoms with Crippen molar-refractivity contribution in [2.24, 2.45) is 52.3 Å². The second-order valence-electron chi connectivity index (χ2n) is 21.2. The lowest BCUT2D eigenvalue weighted by Crippen LogP contribution is -2.65. The van der Waals surface area contributed by atoms with E-state index in [1.165, 1.54) is 19.4 Å². The first-order valence-electron chi connectivity index (χ1n) is 23.5. The van der Waals surface area contributed by atoms with Crippen LogP contribution >= 0.6 is 0 Å². The van der Waals surface area contributed by atoms with Gasteiger partial charge in [0.05, 0.1) is 31.5 Å². The van der Waals surface area contributed by atoms with Gasteiger partial charge in [-0.05, 0) is 99.7 Å². The molecule has 0 spiro atoms. The molecule has 360 valence electrons. The van der Waals surface area contributed by atoms with Crippen LogP contribution < -0.4 is 0 Å². The molecule has 0 aromatic rings. The van der Waals surface area contributed by atoms with Gasteiger partial charge in [0.15, 0.2) is 24.1 Å². The van der Waals surface area contributed by atoms with E-state index in [2.05, 4.69) is 32.8 Å². The van der Waals surface area contributed by atoms with Gasteiger partial charge < -0.3 is 84.2 Å². The zero-order chi connectivity index (χ0) is 46.0. The molecule has 9 aliphatic rings. The van der Waals surface area contributed by atoms with Crippen LogP contribution in [-0.4, -0.2) is 162 Å². The zero-order valence-electron chi connectivity index (χ0n) is 37.4. The number of rotatable bonds is 11. The largest absolute Gasteiger partial charge is 0.508 e. The molecular formula is C47H70O17. The summed E-state index contributed by atoms with van der Waals surface area (Å²) in [6, 6.07) is 0. The third kappa shape index (κ3) is 7.24. The lowest BCUT2D eigenvalue weighted by atomic mass is 9.47. The van der Waals surface area contributed by atoms with Crippen LogP contribution in [-0.2, 0) is 33.2 Å². The quantitative estimate of drug-likeness (QED) is 0.104. The first kappa shape index (κ1) is 47.1. The lowest BCUT2D eigenvalue weighted by Gasteiger charge is -2.58. The van der Waals surface area contributed by atoms with E-state index in [1.54, 1.807) is 0 Å². The normalized spacial score (nSPS) is 54.7. The summed E-state index contributed by atoms with van der Waals surface area (Å²) in [4.78, 5) is 0. The van der Waals surface area contributed by atoms with Crippen molar-refractivity contribution in [3.63, 3.8) is 0 Å². The van der Waals surface area contributed by atoms with Gasteiger partial charge in [-0.2, -0.15) is 0 Å². The second kappa shape index (κ2) is 16.9. The van der Waals surface area contributed by atoms with E-state index >= 15 is 0 Å². The monoisotopic (exact) mass is 906 g/mol. The van der Waals surface area contributed by atoms with Gasteiger partial charge in [-0.3, -0.25) is 0 Å². The van der Waals surface area contributed by atoms with Gasteiger partial charge in [-0.15, -0.1) is 12.3 Å². The van der Waals surface area contributed by atoms with Crippen molar-refractivity contribution in [3.8, 4) is 12.3 Å². The maximum absolute atomic E-state index is 12.1. The van der Waals surface area contributed by atoms with Crippen molar-refractivity contribution in [1.82, 2.24) is 0 Å². The van der Waals surface area contributed by atoms with Crippen molar-refractivity contribution in [2.75, 3.05) is 13.2 Å². The SMILES string of the molecule is C#C[C@@H](CO)CCC1(O)OC2C[C@H]3[C@@H]4CC=C5CC(O[C@@H]6OC(CO)[C@@H](O[C@@H]7OC(C)[C@H](O)C(O)C7O)C(O)C6OC67OC(C)C(O)=C(O)C6[C@@H]7O)CC[C@]5(C)[C@H]4CC[C@]3(C)C2[C@@H]1C. The van der Waals surface area contributed by atoms with Crippen LogP contribution in [0, 0.1) is 64.6 Å². The first-order chi connectivity index (χ1) is 30.3. The molecule has 0 bridgehead atoms. The van der Waals surface area contributed by atoms with Gasteiger partial charge in [0.1, 0.15) is 66.6 Å². The minimum Gasteiger partial charge on any atom is -0.508 e. The molecule has 4 aliphatic heterocycles. The average Bonchev–Trinajstić information content (AvgIpc) is 3.57. The Morgan fingerprint density at radius 3 is 2.33 bits per heavy atom. The Balaban J connectivity index is 0.921. The Hall–Kier alpha value is -1.96. The fraction of sp³-hybridized carbons (Fsp3) is 0.872. The summed E-state index contributed by atoms with van der Waals surface area (Å²) < 4.78 is 43.7. The number of allylic oxidation sites excluding steroid dienone is 1. The van der Waals surface area contributed by atoms with Crippen LogP contribution in [0.3, 0.4) is 0 Å². The van der Waals surface area contributed by atoms with Crippen molar-refractivity contribution < 1.29 is 84.2 Å². The Morgan fingerprint density at radius 1 is 0.875 bits per heavy atom. The minimum absolute atomic E-state index is 0.00144. The summed E-state index contributed by atoms with van der Waals surface area (Å²) in [5, 5.41) is 108. The molecule has 3 saturated heterocycles. The molecule has 0 amide bonds. The van der Waals surface area contributed by atoms with Gasteiger partial charge >= 0.3 is 0 Å². The van der Waals surface area contributed by atoms with E-state index < -0.39 is 115 Å². The van der Waals surface area contributed by atoms with Gasteiger partial charge in [0.25, 0.3) is 0 Å². The Bertz CT molecular complexity index is 1860. The van der Waals surface area contributed by atoms with Crippen LogP contribution in [0.4, 0.5) is 0 Å². The summed E-state index contributed by atoms with van der Waals surface area (Å²) in [6.45, 7) is 9.04. The molecule has 7 fully saturated rings. The molecule has 5 aliphatic carbocycles. The third-order valence-electron chi connectivity index (χ3n) is 18.0. The minimum atomic E-state index is -1.90. The number of terminal acetylenes is 1. The molecule has 13 unspecified atom stereocenters. The predicted octanol–water partition coefficient (Wildman–Crippen LogP) is 1.42. The van der Waals surface area contributed by atoms with Gasteiger partial charge in [0.2, 0.25) is 5.79 Å². The predicted molar refractivity (Wildman–Crippen MR) is 222 cm³/mol. The molecule has 0 aromatic heterocycles. The van der Waals surface area contributed by atoms with Gasteiger partial charge in [-0.1, -0.05) is 32.4 Å². The molecule has 25 atom stereocenters. The molecule has 0 aromatic carbocycles. The standard InChI is InChI=1S/C47H70O17/c1-7-23(18-48)10-15-46(57)20(2)31-29(63-46)17-28-26-9-8-24-16-25(11-13-44(24,5)27(26)12-14-45(28,31)6)59-43-40(64-47-32(41(47)56)35(52)34(51)22(4)62-47)38(55)39(30(19-49)60-43)61-42-37(54)36(53)33(50)21(3)58-42/h1,8,20-23,25-33,36-43,48-57H,9-19H2,2-6H3/t20-,21?,22?,23+,25?,26+,27-,28-,29?,30?,31?,32?,33-,36?,37?,38?,39+,40?,41-,42-,43+,44-,45-,46?,47?/m0/s1. The van der Waals surface area contributed by atoms with Crippen LogP contribution in [0.25, 0.3) is 0 Å². The van der Waals surface area contributed by atoms with E-state index in [0.29, 0.717) is 43.4 Å². The van der Waals surface area contributed by atoms with E-state index in [0.717, 1.165) is 32.1 Å². The highest BCUT2D eigenvalue weighted by Crippen LogP contribution is 2.70. The number of fused-ring (bicyclic) bond motifs is 8. The third-order valence-corrected chi connectivity index (χ3v) is 18.0. The number of hydrogen-bond donors (Lipinski definition) is 10. The topological polar surface area (TPSA) is 267 Å². The molecule has 4 heterocycles. The summed E-state index contributed by atoms with van der Waals surface area (Å²) in [5.41, 5.74) is 1.19. The molecule has 17 nitrogen and oxygen atoms in total. The summed E-state index contributed by atoms with van der Waals surface area (Å²) >= 11 is 0. The molecule has 0 radical (unpaired) electrons. The summed E-state index contributed by atoms with van der Waals surface area (Å²) in [7, 11) is 0. The lowest BCUT2D eigenvalue weighted by molar-refractivity contribution is -0.382. The first-order valence-corrected chi connectivity index (χ1v) is 23.5. The highest BCUT2D eigenvalue weighted by molar-refractivity contribution is 5.30. The fourth-order valence-corrected chi connectivity index (χ4v) is 14.1. The van der Waals surface area contributed by atoms with Crippen LogP contribution in [0.1, 0.15) is 92.4 Å². The molecule has 9 rings (SSSR count). The van der Waals surface area contributed by atoms with Crippen LogP contribution in [0.5, 0.6) is 0 Å². The molecule has 17 heteroatoms. The Morgan fingerprint density at radius 2 is 1.62 bits per heavy atom. The molecule has 4 saturated carbocycles. The Labute approximate surface area is 374 Å². The summed E-state index contributed by atoms with van der Waals surface area (Å²) in [5.74, 6) is -1.59. The van der Waals surface area contributed by atoms with Crippen molar-refractivity contribution >= 4 is 0 Å². The van der Waals surface area contributed by atoms with Crippen LogP contribution in [0.15, 0.2) is 23.2 Å². The van der Waals surface area contributed by atoms with Crippen molar-refractivity contribution in [3.05, 3.63) is 23.2 Å². The molecule has 10 N–H and O–H groups in total. The van der Waals surface area contributed by atoms with Gasteiger partial charge in [0, 0.05) is 18.3 Å². The average molecular weight is 907 g/mol. The number of hydrogen-bond acceptors (Lipinski definition) is 17. The maximum atomic E-state index is 12.1. The number of aliphatic hydroxyl groups excluding tert-OH is 9. The van der Waals surface area contributed by atoms with Gasteiger partial charge in [-0.25, -0.2) is 0 Å². The maximum Gasteiger partial charge on any atom is 0.209 e. The van der Waals surface area contributed by atoms with E-state index in [9.17, 15) is 51.1 Å². The zero-order valence-corrected chi connectivity index (χ0v) is 37.4. The fourth-order valence-electron chi connectivity index (χ4n) is 14.1. The van der Waals surface area contributed by atoms with Crippen molar-refractivity contribution in [1.29, 1.82) is 0 Å². The van der Waals surface area contributed by atoms with E-state index in [-0.39, 0.29) is 41.3 Å². The molecular weight excluding hydrogens is 836 g/mol. The number of aliphatic hydroxyl groups is 10. The number of ether oxygens (including phenoxy) is 7.